The van der Waals surface area contributed by atoms with Crippen molar-refractivity contribution < 1.29 is 4.74 Å². The molecule has 0 radical (unpaired) electrons. The van der Waals surface area contributed by atoms with Gasteiger partial charge in [-0.1, -0.05) is 30.9 Å². The molecular weight excluding hydrogens is 264 g/mol. The first-order valence-corrected chi connectivity index (χ1v) is 7.00. The molecule has 2 rings (SSSR count). The van der Waals surface area contributed by atoms with Crippen LogP contribution >= 0.6 is 0 Å². The molecule has 110 valence electrons. The summed E-state index contributed by atoms with van der Waals surface area (Å²) in [5.74, 6) is 0.841. The topological polar surface area (TPSA) is 43.3 Å². The predicted octanol–water partition coefficient (Wildman–Crippen LogP) is 3.05. The van der Waals surface area contributed by atoms with E-state index in [1.165, 1.54) is 0 Å². The quantitative estimate of drug-likeness (QED) is 0.795. The van der Waals surface area contributed by atoms with Gasteiger partial charge in [0.25, 0.3) is 5.56 Å². The Morgan fingerprint density at radius 1 is 1.29 bits per heavy atom. The molecule has 2 aromatic rings. The lowest BCUT2D eigenvalue weighted by molar-refractivity contribution is 0.359. The van der Waals surface area contributed by atoms with Crippen LogP contribution in [0.4, 0.5) is 5.69 Å². The minimum Gasteiger partial charge on any atom is -0.489 e. The van der Waals surface area contributed by atoms with Gasteiger partial charge >= 0.3 is 0 Å². The molecule has 0 atom stereocenters. The molecule has 1 N–H and O–H groups in total. The third-order valence-electron chi connectivity index (χ3n) is 3.14. The molecule has 0 aliphatic rings. The van der Waals surface area contributed by atoms with E-state index in [2.05, 4.69) is 11.9 Å². The Kier molecular flexibility index (Phi) is 5.21. The van der Waals surface area contributed by atoms with Crippen molar-refractivity contribution in [3.63, 3.8) is 0 Å². The summed E-state index contributed by atoms with van der Waals surface area (Å²) in [7, 11) is 0. The van der Waals surface area contributed by atoms with Crippen LogP contribution < -0.4 is 15.6 Å². The molecule has 1 heterocycles. The number of rotatable bonds is 7. The largest absolute Gasteiger partial charge is 0.489 e. The molecule has 0 bridgehead atoms. The number of aromatic nitrogens is 1. The minimum atomic E-state index is 0.0118. The van der Waals surface area contributed by atoms with Crippen molar-refractivity contribution in [2.24, 2.45) is 0 Å². The van der Waals surface area contributed by atoms with Crippen LogP contribution in [0.15, 0.2) is 60.0 Å². The monoisotopic (exact) mass is 284 g/mol. The smallest absolute Gasteiger partial charge is 0.250 e. The molecule has 0 saturated heterocycles. The number of benzene rings is 1. The van der Waals surface area contributed by atoms with Gasteiger partial charge in [-0.3, -0.25) is 4.79 Å². The van der Waals surface area contributed by atoms with Gasteiger partial charge in [-0.25, -0.2) is 0 Å². The second-order valence-corrected chi connectivity index (χ2v) is 4.60. The maximum Gasteiger partial charge on any atom is 0.250 e. The van der Waals surface area contributed by atoms with E-state index in [1.807, 2.05) is 37.4 Å². The zero-order valence-corrected chi connectivity index (χ0v) is 12.2. The molecule has 0 aliphatic carbocycles. The summed E-state index contributed by atoms with van der Waals surface area (Å²) in [6, 6.07) is 11.2. The first kappa shape index (κ1) is 14.9. The first-order valence-electron chi connectivity index (χ1n) is 7.00. The van der Waals surface area contributed by atoms with Gasteiger partial charge in [0.15, 0.2) is 0 Å². The number of anilines is 1. The molecule has 0 fully saturated rings. The average molecular weight is 284 g/mol. The van der Waals surface area contributed by atoms with E-state index in [0.717, 1.165) is 17.0 Å². The van der Waals surface area contributed by atoms with Gasteiger partial charge in [-0.05, 0) is 19.1 Å². The lowest BCUT2D eigenvalue weighted by atomic mass is 10.2. The normalized spacial score (nSPS) is 10.1. The van der Waals surface area contributed by atoms with Crippen molar-refractivity contribution in [3.8, 4) is 5.75 Å². The number of nitrogens with one attached hydrogen (secondary N) is 1. The number of aryl methyl sites for hydroxylation is 1. The number of pyridine rings is 1. The van der Waals surface area contributed by atoms with E-state index >= 15 is 0 Å². The van der Waals surface area contributed by atoms with Gasteiger partial charge in [0.05, 0.1) is 5.69 Å². The van der Waals surface area contributed by atoms with Crippen molar-refractivity contribution >= 4 is 5.69 Å². The van der Waals surface area contributed by atoms with Crippen LogP contribution in [0.25, 0.3) is 0 Å². The van der Waals surface area contributed by atoms with Crippen LogP contribution in [0.3, 0.4) is 0 Å². The standard InChI is InChI=1S/C17H20N2O2/c1-3-11-21-16-8-6-5-7-14(16)12-18-15-9-10-17(20)19(4-2)13-15/h3,5-10,13,18H,1,4,11-12H2,2H3. The van der Waals surface area contributed by atoms with Gasteiger partial charge in [-0.15, -0.1) is 0 Å². The molecule has 4 heteroatoms. The number of hydrogen-bond donors (Lipinski definition) is 1. The summed E-state index contributed by atoms with van der Waals surface area (Å²) in [6.07, 6.45) is 3.55. The maximum atomic E-state index is 11.6. The van der Waals surface area contributed by atoms with E-state index < -0.39 is 0 Å². The third kappa shape index (κ3) is 3.99. The Balaban J connectivity index is 2.09. The van der Waals surface area contributed by atoms with E-state index in [0.29, 0.717) is 19.7 Å². The first-order chi connectivity index (χ1) is 10.2. The summed E-state index contributed by atoms with van der Waals surface area (Å²) < 4.78 is 7.29. The average Bonchev–Trinajstić information content (AvgIpc) is 2.53. The van der Waals surface area contributed by atoms with Crippen LogP contribution in [-0.2, 0) is 13.1 Å². The highest BCUT2D eigenvalue weighted by Crippen LogP contribution is 2.19. The van der Waals surface area contributed by atoms with Crippen molar-refractivity contribution in [1.82, 2.24) is 4.57 Å². The minimum absolute atomic E-state index is 0.0118. The van der Waals surface area contributed by atoms with Crippen molar-refractivity contribution in [2.45, 2.75) is 20.0 Å². The predicted molar refractivity (Wildman–Crippen MR) is 85.8 cm³/mol. The Bertz CT molecular complexity index is 662. The lowest BCUT2D eigenvalue weighted by Crippen LogP contribution is -2.17. The highest BCUT2D eigenvalue weighted by Gasteiger charge is 2.03. The Morgan fingerprint density at radius 3 is 2.86 bits per heavy atom. The van der Waals surface area contributed by atoms with Crippen LogP contribution in [-0.4, -0.2) is 11.2 Å². The van der Waals surface area contributed by atoms with Gasteiger partial charge < -0.3 is 14.6 Å². The Hall–Kier alpha value is -2.49. The third-order valence-corrected chi connectivity index (χ3v) is 3.14. The van der Waals surface area contributed by atoms with Gasteiger partial charge in [-0.2, -0.15) is 0 Å². The van der Waals surface area contributed by atoms with Crippen molar-refractivity contribution in [2.75, 3.05) is 11.9 Å². The maximum absolute atomic E-state index is 11.6. The Morgan fingerprint density at radius 2 is 2.10 bits per heavy atom. The number of nitrogens with zero attached hydrogens (tertiary/aromatic N) is 1. The van der Waals surface area contributed by atoms with Crippen molar-refractivity contribution in [3.05, 3.63) is 71.2 Å². The van der Waals surface area contributed by atoms with Crippen LogP contribution in [0.1, 0.15) is 12.5 Å². The summed E-state index contributed by atoms with van der Waals surface area (Å²) in [4.78, 5) is 11.6. The molecule has 0 aliphatic heterocycles. The number of para-hydroxylation sites is 1. The van der Waals surface area contributed by atoms with Crippen molar-refractivity contribution in [1.29, 1.82) is 0 Å². The van der Waals surface area contributed by atoms with E-state index in [9.17, 15) is 4.79 Å². The molecule has 0 amide bonds. The second kappa shape index (κ2) is 7.33. The molecule has 1 aromatic carbocycles. The summed E-state index contributed by atoms with van der Waals surface area (Å²) in [6.45, 7) is 7.38. The summed E-state index contributed by atoms with van der Waals surface area (Å²) in [5.41, 5.74) is 1.99. The molecule has 21 heavy (non-hydrogen) atoms. The molecule has 4 nitrogen and oxygen atoms in total. The molecule has 0 unspecified atom stereocenters. The fourth-order valence-electron chi connectivity index (χ4n) is 2.02. The van der Waals surface area contributed by atoms with Crippen LogP contribution in [0.2, 0.25) is 0 Å². The fraction of sp³-hybridized carbons (Fsp3) is 0.235. The highest BCUT2D eigenvalue weighted by atomic mass is 16.5. The van der Waals surface area contributed by atoms with Gasteiger partial charge in [0.1, 0.15) is 12.4 Å². The van der Waals surface area contributed by atoms with Crippen LogP contribution in [0, 0.1) is 0 Å². The van der Waals surface area contributed by atoms with Gasteiger partial charge in [0, 0.05) is 30.9 Å². The Labute approximate surface area is 124 Å². The zero-order valence-electron chi connectivity index (χ0n) is 12.2. The van der Waals surface area contributed by atoms with Crippen LogP contribution in [0.5, 0.6) is 5.75 Å². The molecule has 0 saturated carbocycles. The van der Waals surface area contributed by atoms with E-state index in [-0.39, 0.29) is 5.56 Å². The lowest BCUT2D eigenvalue weighted by Gasteiger charge is -2.12. The second-order valence-electron chi connectivity index (χ2n) is 4.60. The SMILES string of the molecule is C=CCOc1ccccc1CNc1ccc(=O)n(CC)c1. The molecule has 0 spiro atoms. The molecular formula is C17H20N2O2. The summed E-state index contributed by atoms with van der Waals surface area (Å²) in [5, 5.41) is 3.31. The number of hydrogen-bond acceptors (Lipinski definition) is 3. The van der Waals surface area contributed by atoms with E-state index in [1.54, 1.807) is 22.8 Å². The van der Waals surface area contributed by atoms with E-state index in [4.69, 9.17) is 4.74 Å². The summed E-state index contributed by atoms with van der Waals surface area (Å²) >= 11 is 0. The highest BCUT2D eigenvalue weighted by molar-refractivity contribution is 5.43. The fourth-order valence-corrected chi connectivity index (χ4v) is 2.02. The number of ether oxygens (including phenoxy) is 1. The van der Waals surface area contributed by atoms with Gasteiger partial charge in [0.2, 0.25) is 0 Å². The zero-order chi connectivity index (χ0) is 15.1. The molecule has 1 aromatic heterocycles.